The molecule has 0 bridgehead atoms. The summed E-state index contributed by atoms with van der Waals surface area (Å²) in [6.07, 6.45) is 0. The molecule has 1 rings (SSSR count). The highest BCUT2D eigenvalue weighted by atomic mass is 35.5. The van der Waals surface area contributed by atoms with Gasteiger partial charge < -0.3 is 5.11 Å². The Labute approximate surface area is 91.5 Å². The Morgan fingerprint density at radius 1 is 1.23 bits per heavy atom. The molecule has 0 atom stereocenters. The van der Waals surface area contributed by atoms with Gasteiger partial charge in [-0.15, -0.1) is 0 Å². The van der Waals surface area contributed by atoms with Gasteiger partial charge in [-0.3, -0.25) is 0 Å². The molecule has 1 nitrogen and oxygen atoms in total. The molecule has 0 aliphatic rings. The van der Waals surface area contributed by atoms with Crippen LogP contribution in [0.15, 0.2) is 35.9 Å². The van der Waals surface area contributed by atoms with Crippen molar-refractivity contribution in [2.75, 3.05) is 0 Å². The number of hydrogen-bond acceptors (Lipinski definition) is 1. The summed E-state index contributed by atoms with van der Waals surface area (Å²) in [6.45, 7) is 3.46. The predicted octanol–water partition coefficient (Wildman–Crippen LogP) is 3.78. The summed E-state index contributed by atoms with van der Waals surface area (Å²) in [5.41, 5.74) is 0.577. The fraction of sp³-hybridized carbons (Fsp3) is 0.111. The van der Waals surface area contributed by atoms with Crippen LogP contribution >= 0.6 is 34.8 Å². The third-order valence-corrected chi connectivity index (χ3v) is 2.94. The Morgan fingerprint density at radius 2 is 1.69 bits per heavy atom. The first-order valence-electron chi connectivity index (χ1n) is 3.47. The number of allylic oxidation sites excluding steroid dienone is 1. The van der Waals surface area contributed by atoms with Crippen LogP contribution in [0.1, 0.15) is 5.56 Å². The first-order chi connectivity index (χ1) is 5.94. The van der Waals surface area contributed by atoms with Gasteiger partial charge in [-0.05, 0) is 17.7 Å². The van der Waals surface area contributed by atoms with E-state index >= 15 is 0 Å². The molecule has 0 saturated carbocycles. The van der Waals surface area contributed by atoms with Gasteiger partial charge in [-0.2, -0.15) is 0 Å². The number of hydrogen-bond donors (Lipinski definition) is 1. The first-order valence-corrected chi connectivity index (χ1v) is 4.60. The summed E-state index contributed by atoms with van der Waals surface area (Å²) in [5, 5.41) is 9.15. The van der Waals surface area contributed by atoms with Crippen molar-refractivity contribution in [1.82, 2.24) is 0 Å². The van der Waals surface area contributed by atoms with Crippen LogP contribution in [0.4, 0.5) is 0 Å². The molecule has 0 fully saturated rings. The lowest BCUT2D eigenvalue weighted by atomic mass is 10.1. The summed E-state index contributed by atoms with van der Waals surface area (Å²) in [6, 6.07) is 6.13. The average Bonchev–Trinajstić information content (AvgIpc) is 2.04. The number of alkyl halides is 2. The largest absolute Gasteiger partial charge is 0.508 e. The highest BCUT2D eigenvalue weighted by Crippen LogP contribution is 2.42. The van der Waals surface area contributed by atoms with E-state index in [2.05, 4.69) is 6.58 Å². The third kappa shape index (κ3) is 2.31. The van der Waals surface area contributed by atoms with Gasteiger partial charge in [-0.1, -0.05) is 53.5 Å². The molecule has 0 unspecified atom stereocenters. The van der Waals surface area contributed by atoms with Crippen molar-refractivity contribution in [3.05, 3.63) is 41.4 Å². The zero-order valence-electron chi connectivity index (χ0n) is 6.60. The van der Waals surface area contributed by atoms with Gasteiger partial charge in [-0.25, -0.2) is 0 Å². The molecular formula is C9H7Cl3O. The van der Waals surface area contributed by atoms with E-state index in [-0.39, 0.29) is 10.8 Å². The summed E-state index contributed by atoms with van der Waals surface area (Å²) < 4.78 is -1.31. The zero-order valence-corrected chi connectivity index (χ0v) is 8.87. The fourth-order valence-corrected chi connectivity index (χ4v) is 1.19. The van der Waals surface area contributed by atoms with E-state index in [1.807, 2.05) is 0 Å². The standard InChI is InChI=1S/C9H7Cl3O/c1-6(10)9(11,12)7-2-4-8(13)5-3-7/h2-5,13H,1H2. The highest BCUT2D eigenvalue weighted by molar-refractivity contribution is 6.55. The number of aromatic hydroxyl groups is 1. The number of benzene rings is 1. The van der Waals surface area contributed by atoms with E-state index in [0.29, 0.717) is 5.56 Å². The minimum Gasteiger partial charge on any atom is -0.508 e. The monoisotopic (exact) mass is 236 g/mol. The van der Waals surface area contributed by atoms with Gasteiger partial charge in [0.05, 0.1) is 5.03 Å². The van der Waals surface area contributed by atoms with Crippen LogP contribution in [0, 0.1) is 0 Å². The van der Waals surface area contributed by atoms with Crippen molar-refractivity contribution in [1.29, 1.82) is 0 Å². The number of phenols is 1. The smallest absolute Gasteiger partial charge is 0.177 e. The lowest BCUT2D eigenvalue weighted by Gasteiger charge is -2.18. The van der Waals surface area contributed by atoms with Crippen LogP contribution < -0.4 is 0 Å². The minimum atomic E-state index is -1.31. The Balaban J connectivity index is 3.08. The molecule has 0 amide bonds. The van der Waals surface area contributed by atoms with Gasteiger partial charge in [0, 0.05) is 0 Å². The van der Waals surface area contributed by atoms with Crippen LogP contribution in [0.2, 0.25) is 0 Å². The number of phenolic OH excluding ortho intramolecular Hbond substituents is 1. The second kappa shape index (κ2) is 3.79. The van der Waals surface area contributed by atoms with E-state index in [0.717, 1.165) is 0 Å². The molecule has 1 aromatic rings. The molecular weight excluding hydrogens is 230 g/mol. The number of halogens is 3. The lowest BCUT2D eigenvalue weighted by molar-refractivity contribution is 0.475. The quantitative estimate of drug-likeness (QED) is 0.776. The van der Waals surface area contributed by atoms with E-state index in [1.54, 1.807) is 12.1 Å². The van der Waals surface area contributed by atoms with Crippen LogP contribution in [-0.4, -0.2) is 5.11 Å². The topological polar surface area (TPSA) is 20.2 Å². The van der Waals surface area contributed by atoms with Crippen LogP contribution in [0.5, 0.6) is 5.75 Å². The molecule has 0 heterocycles. The molecule has 1 N–H and O–H groups in total. The molecule has 0 aliphatic carbocycles. The van der Waals surface area contributed by atoms with Crippen molar-refractivity contribution in [3.8, 4) is 5.75 Å². The van der Waals surface area contributed by atoms with Crippen LogP contribution in [-0.2, 0) is 4.33 Å². The molecule has 4 heteroatoms. The van der Waals surface area contributed by atoms with Gasteiger partial charge in [0.2, 0.25) is 0 Å². The Hall–Kier alpha value is -0.370. The normalized spacial score (nSPS) is 11.3. The molecule has 0 saturated heterocycles. The van der Waals surface area contributed by atoms with Crippen molar-refractivity contribution in [2.45, 2.75) is 4.33 Å². The maximum atomic E-state index is 9.02. The Kier molecular flexibility index (Phi) is 3.12. The van der Waals surface area contributed by atoms with Gasteiger partial charge in [0.15, 0.2) is 4.33 Å². The lowest BCUT2D eigenvalue weighted by Crippen LogP contribution is -2.09. The fourth-order valence-electron chi connectivity index (χ4n) is 0.827. The van der Waals surface area contributed by atoms with Gasteiger partial charge in [0.25, 0.3) is 0 Å². The van der Waals surface area contributed by atoms with Crippen LogP contribution in [0.25, 0.3) is 0 Å². The molecule has 70 valence electrons. The highest BCUT2D eigenvalue weighted by Gasteiger charge is 2.28. The minimum absolute atomic E-state index is 0.126. The van der Waals surface area contributed by atoms with Gasteiger partial charge >= 0.3 is 0 Å². The van der Waals surface area contributed by atoms with E-state index in [4.69, 9.17) is 39.9 Å². The molecule has 0 aromatic heterocycles. The first kappa shape index (κ1) is 10.7. The van der Waals surface area contributed by atoms with E-state index in [1.165, 1.54) is 12.1 Å². The third-order valence-electron chi connectivity index (χ3n) is 1.57. The second-order valence-electron chi connectivity index (χ2n) is 2.53. The summed E-state index contributed by atoms with van der Waals surface area (Å²) >= 11 is 17.4. The number of rotatable bonds is 2. The molecule has 1 aromatic carbocycles. The maximum Gasteiger partial charge on any atom is 0.177 e. The van der Waals surface area contributed by atoms with Crippen molar-refractivity contribution >= 4 is 34.8 Å². The molecule has 0 aliphatic heterocycles. The summed E-state index contributed by atoms with van der Waals surface area (Å²) in [4.78, 5) is 0. The SMILES string of the molecule is C=C(Cl)C(Cl)(Cl)c1ccc(O)cc1. The Morgan fingerprint density at radius 3 is 2.08 bits per heavy atom. The van der Waals surface area contributed by atoms with E-state index < -0.39 is 4.33 Å². The molecule has 0 radical (unpaired) electrons. The van der Waals surface area contributed by atoms with Crippen LogP contribution in [0.3, 0.4) is 0 Å². The van der Waals surface area contributed by atoms with Crippen molar-refractivity contribution in [2.24, 2.45) is 0 Å². The average molecular weight is 238 g/mol. The van der Waals surface area contributed by atoms with E-state index in [9.17, 15) is 0 Å². The molecule has 0 spiro atoms. The molecule has 13 heavy (non-hydrogen) atoms. The predicted molar refractivity (Wildman–Crippen MR) is 56.5 cm³/mol. The summed E-state index contributed by atoms with van der Waals surface area (Å²) in [7, 11) is 0. The second-order valence-corrected chi connectivity index (χ2v) is 4.31. The summed E-state index contributed by atoms with van der Waals surface area (Å²) in [5.74, 6) is 0.146. The Bertz CT molecular complexity index is 316. The van der Waals surface area contributed by atoms with Crippen molar-refractivity contribution < 1.29 is 5.11 Å². The zero-order chi connectivity index (χ0) is 10.1. The van der Waals surface area contributed by atoms with Gasteiger partial charge in [0.1, 0.15) is 5.75 Å². The maximum absolute atomic E-state index is 9.02. The van der Waals surface area contributed by atoms with Crippen molar-refractivity contribution in [3.63, 3.8) is 0 Å².